The van der Waals surface area contributed by atoms with Crippen molar-refractivity contribution in [2.24, 2.45) is 0 Å². The molecule has 1 atom stereocenters. The fourth-order valence-corrected chi connectivity index (χ4v) is 1.33. The summed E-state index contributed by atoms with van der Waals surface area (Å²) in [5.74, 6) is 1.05. The predicted molar refractivity (Wildman–Crippen MR) is 68.1 cm³/mol. The minimum absolute atomic E-state index is 0.0349. The number of hydrogen-bond donors (Lipinski definition) is 2. The van der Waals surface area contributed by atoms with E-state index in [4.69, 9.17) is 4.52 Å². The summed E-state index contributed by atoms with van der Waals surface area (Å²) in [5.41, 5.74) is -0.155. The van der Waals surface area contributed by atoms with E-state index in [2.05, 4.69) is 20.8 Å². The van der Waals surface area contributed by atoms with Crippen LogP contribution in [0.3, 0.4) is 0 Å². The minimum atomic E-state index is -0.266. The van der Waals surface area contributed by atoms with Gasteiger partial charge in [0.15, 0.2) is 5.82 Å². The Kier molecular flexibility index (Phi) is 4.84. The van der Waals surface area contributed by atoms with Gasteiger partial charge in [0.1, 0.15) is 6.04 Å². The summed E-state index contributed by atoms with van der Waals surface area (Å²) >= 11 is 0. The summed E-state index contributed by atoms with van der Waals surface area (Å²) < 4.78 is 5.17. The molecule has 0 spiro atoms. The van der Waals surface area contributed by atoms with Gasteiger partial charge >= 0.3 is 0 Å². The molecule has 6 nitrogen and oxygen atoms in total. The molecule has 102 valence electrons. The third kappa shape index (κ3) is 4.10. The van der Waals surface area contributed by atoms with Crippen molar-refractivity contribution in [1.82, 2.24) is 20.8 Å². The number of rotatable bonds is 5. The van der Waals surface area contributed by atoms with Gasteiger partial charge in [-0.1, -0.05) is 25.9 Å². The summed E-state index contributed by atoms with van der Waals surface area (Å²) in [5, 5.41) is 9.67. The normalized spacial score (nSPS) is 13.4. The van der Waals surface area contributed by atoms with E-state index in [1.807, 2.05) is 34.7 Å². The fraction of sp³-hybridized carbons (Fsp3) is 0.750. The lowest BCUT2D eigenvalue weighted by molar-refractivity contribution is -0.121. The highest BCUT2D eigenvalue weighted by Gasteiger charge is 2.23. The van der Waals surface area contributed by atoms with E-state index in [9.17, 15) is 4.79 Å². The molecule has 1 unspecified atom stereocenters. The average Bonchev–Trinajstić information content (AvgIpc) is 2.75. The molecule has 0 saturated heterocycles. The van der Waals surface area contributed by atoms with Crippen LogP contribution < -0.4 is 10.6 Å². The SMILES string of the molecule is CNCCC(=O)NC(C)c1nc(C(C)(C)C)no1. The predicted octanol–water partition coefficient (Wildman–Crippen LogP) is 1.15. The Hall–Kier alpha value is -1.43. The van der Waals surface area contributed by atoms with Gasteiger partial charge in [0.05, 0.1) is 0 Å². The topological polar surface area (TPSA) is 80.0 Å². The average molecular weight is 254 g/mol. The van der Waals surface area contributed by atoms with Gasteiger partial charge in [0.2, 0.25) is 11.8 Å². The number of carbonyl (C=O) groups excluding carboxylic acids is 1. The van der Waals surface area contributed by atoms with Crippen LogP contribution >= 0.6 is 0 Å². The summed E-state index contributed by atoms with van der Waals surface area (Å²) in [6.45, 7) is 8.51. The Morgan fingerprint density at radius 1 is 1.44 bits per heavy atom. The molecule has 0 bridgehead atoms. The second kappa shape index (κ2) is 5.95. The molecule has 0 saturated carbocycles. The van der Waals surface area contributed by atoms with E-state index in [0.717, 1.165) is 0 Å². The quantitative estimate of drug-likeness (QED) is 0.824. The first-order valence-corrected chi connectivity index (χ1v) is 6.12. The van der Waals surface area contributed by atoms with E-state index >= 15 is 0 Å². The van der Waals surface area contributed by atoms with Gasteiger partial charge < -0.3 is 15.2 Å². The lowest BCUT2D eigenvalue weighted by Gasteiger charge is -2.12. The minimum Gasteiger partial charge on any atom is -0.345 e. The van der Waals surface area contributed by atoms with Gasteiger partial charge in [-0.05, 0) is 14.0 Å². The van der Waals surface area contributed by atoms with Crippen molar-refractivity contribution >= 4 is 5.91 Å². The molecule has 0 aromatic carbocycles. The molecule has 1 heterocycles. The number of carbonyl (C=O) groups is 1. The maximum atomic E-state index is 11.5. The van der Waals surface area contributed by atoms with Crippen molar-refractivity contribution < 1.29 is 9.32 Å². The largest absolute Gasteiger partial charge is 0.345 e. The molecular weight excluding hydrogens is 232 g/mol. The molecule has 18 heavy (non-hydrogen) atoms. The van der Waals surface area contributed by atoms with Crippen molar-refractivity contribution in [2.75, 3.05) is 13.6 Å². The van der Waals surface area contributed by atoms with E-state index in [1.165, 1.54) is 0 Å². The van der Waals surface area contributed by atoms with Crippen LogP contribution in [0.1, 0.15) is 51.9 Å². The molecule has 0 aliphatic carbocycles. The van der Waals surface area contributed by atoms with Crippen LogP contribution in [-0.2, 0) is 10.2 Å². The Labute approximate surface area is 108 Å². The number of nitrogens with one attached hydrogen (secondary N) is 2. The summed E-state index contributed by atoms with van der Waals surface area (Å²) in [6, 6.07) is -0.266. The second-order valence-electron chi connectivity index (χ2n) is 5.35. The smallest absolute Gasteiger partial charge is 0.248 e. The number of hydrogen-bond acceptors (Lipinski definition) is 5. The van der Waals surface area contributed by atoms with Crippen LogP contribution in [-0.4, -0.2) is 29.6 Å². The standard InChI is InChI=1S/C12H22N4O2/c1-8(14-9(17)6-7-13-5)10-15-11(16-18-10)12(2,3)4/h8,13H,6-7H2,1-5H3,(H,14,17). The van der Waals surface area contributed by atoms with Crippen molar-refractivity contribution in [3.63, 3.8) is 0 Å². The van der Waals surface area contributed by atoms with Gasteiger partial charge in [0.25, 0.3) is 0 Å². The maximum absolute atomic E-state index is 11.5. The van der Waals surface area contributed by atoms with Crippen LogP contribution in [0.15, 0.2) is 4.52 Å². The van der Waals surface area contributed by atoms with Gasteiger partial charge in [-0.15, -0.1) is 0 Å². The Balaban J connectivity index is 2.59. The van der Waals surface area contributed by atoms with Gasteiger partial charge in [-0.2, -0.15) is 4.98 Å². The zero-order chi connectivity index (χ0) is 13.8. The monoisotopic (exact) mass is 254 g/mol. The summed E-state index contributed by atoms with van der Waals surface area (Å²) in [4.78, 5) is 15.9. The molecule has 6 heteroatoms. The van der Waals surface area contributed by atoms with Gasteiger partial charge in [-0.25, -0.2) is 0 Å². The van der Waals surface area contributed by atoms with E-state index < -0.39 is 0 Å². The Morgan fingerprint density at radius 2 is 2.11 bits per heavy atom. The first-order chi connectivity index (χ1) is 8.34. The highest BCUT2D eigenvalue weighted by molar-refractivity contribution is 5.76. The zero-order valence-electron chi connectivity index (χ0n) is 11.7. The Bertz CT molecular complexity index is 395. The fourth-order valence-electron chi connectivity index (χ4n) is 1.33. The molecule has 0 aliphatic heterocycles. The highest BCUT2D eigenvalue weighted by Crippen LogP contribution is 2.20. The number of amides is 1. The third-order valence-electron chi connectivity index (χ3n) is 2.46. The summed E-state index contributed by atoms with van der Waals surface area (Å²) in [6.07, 6.45) is 0.432. The van der Waals surface area contributed by atoms with Crippen LogP contribution in [0.2, 0.25) is 0 Å². The molecule has 1 aromatic heterocycles. The summed E-state index contributed by atoms with van der Waals surface area (Å²) in [7, 11) is 1.81. The van der Waals surface area contributed by atoms with E-state index in [-0.39, 0.29) is 17.4 Å². The van der Waals surface area contributed by atoms with E-state index in [1.54, 1.807) is 0 Å². The molecule has 1 aromatic rings. The van der Waals surface area contributed by atoms with Gasteiger partial charge in [-0.3, -0.25) is 4.79 Å². The Morgan fingerprint density at radius 3 is 2.61 bits per heavy atom. The third-order valence-corrected chi connectivity index (χ3v) is 2.46. The second-order valence-corrected chi connectivity index (χ2v) is 5.35. The molecule has 0 aliphatic rings. The van der Waals surface area contributed by atoms with Gasteiger partial charge in [0, 0.05) is 18.4 Å². The van der Waals surface area contributed by atoms with E-state index in [0.29, 0.717) is 24.7 Å². The van der Waals surface area contributed by atoms with Crippen LogP contribution in [0.25, 0.3) is 0 Å². The molecule has 0 fully saturated rings. The lowest BCUT2D eigenvalue weighted by Crippen LogP contribution is -2.29. The number of nitrogens with zero attached hydrogens (tertiary/aromatic N) is 2. The lowest BCUT2D eigenvalue weighted by atomic mass is 9.96. The van der Waals surface area contributed by atoms with Crippen molar-refractivity contribution in [3.05, 3.63) is 11.7 Å². The van der Waals surface area contributed by atoms with Crippen molar-refractivity contribution in [1.29, 1.82) is 0 Å². The molecule has 2 N–H and O–H groups in total. The molecule has 1 rings (SSSR count). The molecule has 0 radical (unpaired) electrons. The molecular formula is C12H22N4O2. The zero-order valence-corrected chi connectivity index (χ0v) is 11.7. The highest BCUT2D eigenvalue weighted by atomic mass is 16.5. The first-order valence-electron chi connectivity index (χ1n) is 6.12. The molecule has 1 amide bonds. The van der Waals surface area contributed by atoms with Crippen LogP contribution in [0.4, 0.5) is 0 Å². The van der Waals surface area contributed by atoms with Crippen molar-refractivity contribution in [3.8, 4) is 0 Å². The maximum Gasteiger partial charge on any atom is 0.248 e. The van der Waals surface area contributed by atoms with Crippen LogP contribution in [0, 0.1) is 0 Å². The van der Waals surface area contributed by atoms with Crippen molar-refractivity contribution in [2.45, 2.75) is 45.6 Å². The van der Waals surface area contributed by atoms with Crippen LogP contribution in [0.5, 0.6) is 0 Å². The number of aromatic nitrogens is 2. The first kappa shape index (κ1) is 14.6.